The fourth-order valence-corrected chi connectivity index (χ4v) is 8.46. The molecule has 5 rings (SSSR count). The highest BCUT2D eigenvalue weighted by Crippen LogP contribution is 2.35. The largest absolute Gasteiger partial charge is 0.301 e. The normalized spacial score (nSPS) is 16.4. The highest BCUT2D eigenvalue weighted by Gasteiger charge is 2.39. The van der Waals surface area contributed by atoms with Crippen LogP contribution < -0.4 is 5.32 Å². The van der Waals surface area contributed by atoms with Gasteiger partial charge in [0.2, 0.25) is 11.7 Å². The van der Waals surface area contributed by atoms with Crippen molar-refractivity contribution < 1.29 is 18.0 Å². The van der Waals surface area contributed by atoms with Gasteiger partial charge < -0.3 is 5.32 Å². The number of rotatable bonds is 7. The van der Waals surface area contributed by atoms with Crippen molar-refractivity contribution in [3.8, 4) is 11.3 Å². The van der Waals surface area contributed by atoms with Crippen LogP contribution in [-0.2, 0) is 14.8 Å². The third kappa shape index (κ3) is 5.39. The fourth-order valence-electron chi connectivity index (χ4n) is 4.24. The number of nitrogens with zero attached hydrogens (tertiary/aromatic N) is 2. The minimum atomic E-state index is -3.89. The topological polar surface area (TPSA) is 96.4 Å². The Morgan fingerprint density at radius 1 is 0.946 bits per heavy atom. The molecule has 190 valence electrons. The molecule has 7 nitrogen and oxygen atoms in total. The van der Waals surface area contributed by atoms with Gasteiger partial charge in [0.15, 0.2) is 5.13 Å². The predicted octanol–water partition coefficient (Wildman–Crippen LogP) is 5.94. The Morgan fingerprint density at radius 3 is 2.32 bits per heavy atom. The maximum Gasteiger partial charge on any atom is 0.253 e. The molecule has 3 heterocycles. The Bertz CT molecular complexity index is 1540. The lowest BCUT2D eigenvalue weighted by molar-refractivity contribution is -0.120. The fraction of sp³-hybridized carbons (Fsp3) is 0.192. The Labute approximate surface area is 227 Å². The Morgan fingerprint density at radius 2 is 1.65 bits per heavy atom. The molecule has 2 aromatic heterocycles. The van der Waals surface area contributed by atoms with Crippen LogP contribution in [0.3, 0.4) is 0 Å². The molecular formula is C26H22ClN3O4S3. The number of nitrogens with one attached hydrogen (secondary N) is 1. The molecule has 1 amide bonds. The van der Waals surface area contributed by atoms with E-state index < -0.39 is 22.0 Å². The average Bonchev–Trinajstić information content (AvgIpc) is 3.56. The van der Waals surface area contributed by atoms with Crippen LogP contribution in [-0.4, -0.2) is 42.0 Å². The second-order valence-corrected chi connectivity index (χ2v) is 13.3. The summed E-state index contributed by atoms with van der Waals surface area (Å²) in [7, 11) is -3.89. The number of hydrogen-bond acceptors (Lipinski definition) is 7. The van der Waals surface area contributed by atoms with E-state index in [2.05, 4.69) is 10.3 Å². The first-order valence-corrected chi connectivity index (χ1v) is 15.0. The molecule has 1 aliphatic rings. The van der Waals surface area contributed by atoms with Crippen LogP contribution in [0.4, 0.5) is 5.13 Å². The van der Waals surface area contributed by atoms with Gasteiger partial charge in [-0.15, -0.1) is 11.3 Å². The van der Waals surface area contributed by atoms with Gasteiger partial charge in [0.05, 0.1) is 10.0 Å². The van der Waals surface area contributed by atoms with E-state index in [9.17, 15) is 18.0 Å². The highest BCUT2D eigenvalue weighted by molar-refractivity contribution is 7.91. The van der Waals surface area contributed by atoms with Crippen molar-refractivity contribution in [2.45, 2.75) is 29.5 Å². The monoisotopic (exact) mass is 571 g/mol. The van der Waals surface area contributed by atoms with Crippen molar-refractivity contribution in [1.29, 1.82) is 0 Å². The van der Waals surface area contributed by atoms with Crippen molar-refractivity contribution >= 4 is 61.1 Å². The van der Waals surface area contributed by atoms with Crippen LogP contribution in [0.15, 0.2) is 77.0 Å². The van der Waals surface area contributed by atoms with Gasteiger partial charge in [-0.25, -0.2) is 13.4 Å². The molecule has 0 spiro atoms. The molecule has 2 aromatic carbocycles. The summed E-state index contributed by atoms with van der Waals surface area (Å²) in [6.07, 6.45) is 1.77. The van der Waals surface area contributed by atoms with Gasteiger partial charge in [-0.05, 0) is 25.0 Å². The minimum absolute atomic E-state index is 0.105. The van der Waals surface area contributed by atoms with Crippen LogP contribution in [0.1, 0.15) is 34.5 Å². The van der Waals surface area contributed by atoms with E-state index in [4.69, 9.17) is 11.6 Å². The van der Waals surface area contributed by atoms with Crippen LogP contribution in [0, 0.1) is 0 Å². The summed E-state index contributed by atoms with van der Waals surface area (Å²) in [5.41, 5.74) is 1.73. The summed E-state index contributed by atoms with van der Waals surface area (Å²) in [5.74, 6) is -0.674. The number of aromatic nitrogens is 1. The number of amides is 1. The van der Waals surface area contributed by atoms with Crippen molar-refractivity contribution in [3.63, 3.8) is 0 Å². The third-order valence-corrected chi connectivity index (χ3v) is 10.6. The van der Waals surface area contributed by atoms with Crippen molar-refractivity contribution in [1.82, 2.24) is 9.29 Å². The summed E-state index contributed by atoms with van der Waals surface area (Å²) >= 11 is 8.02. The lowest BCUT2D eigenvalue weighted by Crippen LogP contribution is -2.49. The zero-order chi connectivity index (χ0) is 26.0. The standard InChI is InChI=1S/C26H22ClN3O4S3/c27-20-14-15-21(35-20)37(33,34)30-16-8-7-13-19(30)25(32)29-26-28-22(17-9-3-1-4-10-17)24(36-26)23(31)18-11-5-2-6-12-18/h1-6,9-12,14-15,19H,7-8,13,16H2,(H,28,29,32). The van der Waals surface area contributed by atoms with Crippen LogP contribution in [0.2, 0.25) is 4.34 Å². The van der Waals surface area contributed by atoms with Gasteiger partial charge in [0, 0.05) is 17.7 Å². The first kappa shape index (κ1) is 25.7. The zero-order valence-corrected chi connectivity index (χ0v) is 22.7. The number of benzene rings is 2. The van der Waals surface area contributed by atoms with Gasteiger partial charge >= 0.3 is 0 Å². The maximum atomic E-state index is 13.4. The van der Waals surface area contributed by atoms with E-state index in [-0.39, 0.29) is 21.7 Å². The Balaban J connectivity index is 1.46. The summed E-state index contributed by atoms with van der Waals surface area (Å²) in [6, 6.07) is 20.3. The second kappa shape index (κ2) is 10.8. The van der Waals surface area contributed by atoms with Gasteiger partial charge in [-0.2, -0.15) is 4.31 Å². The summed E-state index contributed by atoms with van der Waals surface area (Å²) in [5, 5.41) is 3.04. The van der Waals surface area contributed by atoms with Crippen molar-refractivity contribution in [2.24, 2.45) is 0 Å². The van der Waals surface area contributed by atoms with E-state index in [1.807, 2.05) is 36.4 Å². The summed E-state index contributed by atoms with van der Waals surface area (Å²) < 4.78 is 28.3. The molecule has 1 fully saturated rings. The Kier molecular flexibility index (Phi) is 7.55. The summed E-state index contributed by atoms with van der Waals surface area (Å²) in [6.45, 7) is 0.237. The molecule has 0 aliphatic carbocycles. The molecule has 0 radical (unpaired) electrons. The van der Waals surface area contributed by atoms with Crippen LogP contribution in [0.5, 0.6) is 0 Å². The molecule has 1 unspecified atom stereocenters. The zero-order valence-electron chi connectivity index (χ0n) is 19.5. The van der Waals surface area contributed by atoms with Crippen LogP contribution in [0.25, 0.3) is 11.3 Å². The number of piperidine rings is 1. The second-order valence-electron chi connectivity index (χ2n) is 8.43. The molecule has 37 heavy (non-hydrogen) atoms. The van der Waals surface area contributed by atoms with Crippen molar-refractivity contribution in [2.75, 3.05) is 11.9 Å². The lowest BCUT2D eigenvalue weighted by atomic mass is 10.0. The first-order valence-electron chi connectivity index (χ1n) is 11.6. The van der Waals surface area contributed by atoms with Gasteiger partial charge in [-0.3, -0.25) is 9.59 Å². The van der Waals surface area contributed by atoms with Crippen molar-refractivity contribution in [3.05, 3.63) is 87.6 Å². The quantitative estimate of drug-likeness (QED) is 0.277. The van der Waals surface area contributed by atoms with Gasteiger partial charge in [-0.1, -0.05) is 90.0 Å². The summed E-state index contributed by atoms with van der Waals surface area (Å²) in [4.78, 5) is 31.7. The van der Waals surface area contributed by atoms with Crippen LogP contribution >= 0.6 is 34.3 Å². The number of anilines is 1. The van der Waals surface area contributed by atoms with E-state index in [0.29, 0.717) is 33.3 Å². The SMILES string of the molecule is O=C(c1ccccc1)c1sc(NC(=O)C2CCCCN2S(=O)(=O)c2ccc(Cl)s2)nc1-c1ccccc1. The third-order valence-electron chi connectivity index (χ3n) is 6.01. The smallest absolute Gasteiger partial charge is 0.253 e. The highest BCUT2D eigenvalue weighted by atomic mass is 35.5. The number of carbonyl (C=O) groups excluding carboxylic acids is 2. The first-order chi connectivity index (χ1) is 17.8. The van der Waals surface area contributed by atoms with E-state index in [1.54, 1.807) is 24.3 Å². The number of thiophene rings is 1. The number of thiazole rings is 1. The van der Waals surface area contributed by atoms with E-state index in [0.717, 1.165) is 34.7 Å². The molecule has 0 saturated carbocycles. The Hall–Kier alpha value is -2.89. The molecule has 1 saturated heterocycles. The number of halogens is 1. The molecule has 1 aliphatic heterocycles. The van der Waals surface area contributed by atoms with E-state index >= 15 is 0 Å². The number of carbonyl (C=O) groups is 2. The predicted molar refractivity (Wildman–Crippen MR) is 147 cm³/mol. The average molecular weight is 572 g/mol. The van der Waals surface area contributed by atoms with Gasteiger partial charge in [0.25, 0.3) is 10.0 Å². The number of sulfonamides is 1. The lowest BCUT2D eigenvalue weighted by Gasteiger charge is -2.32. The molecular weight excluding hydrogens is 550 g/mol. The molecule has 4 aromatic rings. The number of ketones is 1. The maximum absolute atomic E-state index is 13.4. The number of hydrogen-bond donors (Lipinski definition) is 1. The minimum Gasteiger partial charge on any atom is -0.301 e. The molecule has 0 bridgehead atoms. The molecule has 11 heteroatoms. The molecule has 1 atom stereocenters. The molecule has 1 N–H and O–H groups in total. The van der Waals surface area contributed by atoms with E-state index in [1.165, 1.54) is 16.4 Å². The van der Waals surface area contributed by atoms with Gasteiger partial charge in [0.1, 0.15) is 15.1 Å².